The molecule has 2 rings (SSSR count). The lowest BCUT2D eigenvalue weighted by atomic mass is 9.88. The number of rotatable bonds is 3. The molecule has 6 heteroatoms. The van der Waals surface area contributed by atoms with Gasteiger partial charge in [0, 0.05) is 15.0 Å². The molecule has 0 saturated heterocycles. The maximum Gasteiger partial charge on any atom is 0.241 e. The van der Waals surface area contributed by atoms with Crippen LogP contribution in [0.25, 0.3) is 0 Å². The highest BCUT2D eigenvalue weighted by molar-refractivity contribution is 9.11. The van der Waals surface area contributed by atoms with E-state index in [0.29, 0.717) is 15.3 Å². The molecule has 0 heterocycles. The van der Waals surface area contributed by atoms with Gasteiger partial charge in [0.2, 0.25) is 10.0 Å². The van der Waals surface area contributed by atoms with E-state index in [4.69, 9.17) is 0 Å². The van der Waals surface area contributed by atoms with Crippen LogP contribution >= 0.6 is 31.9 Å². The molecule has 0 aromatic heterocycles. The predicted octanol–water partition coefficient (Wildman–Crippen LogP) is 4.38. The van der Waals surface area contributed by atoms with E-state index >= 15 is 0 Å². The average Bonchev–Trinajstić information content (AvgIpc) is 2.36. The molecule has 0 atom stereocenters. The maximum absolute atomic E-state index is 12.5. The van der Waals surface area contributed by atoms with Crippen molar-refractivity contribution in [3.05, 3.63) is 26.6 Å². The first kappa shape index (κ1) is 16.5. The van der Waals surface area contributed by atoms with Gasteiger partial charge >= 0.3 is 0 Å². The Labute approximate surface area is 137 Å². The number of nitrogens with one attached hydrogen (secondary N) is 1. The van der Waals surface area contributed by atoms with Gasteiger partial charge in [0.25, 0.3) is 0 Å². The minimum Gasteiger partial charge on any atom is -0.208 e. The fourth-order valence-corrected chi connectivity index (χ4v) is 5.48. The number of sulfonamides is 1. The van der Waals surface area contributed by atoms with E-state index in [1.54, 1.807) is 6.07 Å². The van der Waals surface area contributed by atoms with E-state index in [1.807, 2.05) is 13.0 Å². The van der Waals surface area contributed by atoms with Crippen LogP contribution in [0.2, 0.25) is 0 Å². The van der Waals surface area contributed by atoms with E-state index in [0.717, 1.165) is 35.7 Å². The lowest BCUT2D eigenvalue weighted by molar-refractivity contribution is 0.332. The van der Waals surface area contributed by atoms with Crippen molar-refractivity contribution >= 4 is 41.9 Å². The Kier molecular flexibility index (Phi) is 5.32. The van der Waals surface area contributed by atoms with Crippen molar-refractivity contribution in [1.82, 2.24) is 4.72 Å². The summed E-state index contributed by atoms with van der Waals surface area (Å²) in [6.07, 6.45) is 4.02. The topological polar surface area (TPSA) is 46.2 Å². The highest BCUT2D eigenvalue weighted by Crippen LogP contribution is 2.30. The van der Waals surface area contributed by atoms with Crippen molar-refractivity contribution < 1.29 is 8.42 Å². The van der Waals surface area contributed by atoms with Crippen molar-refractivity contribution in [2.24, 2.45) is 5.92 Å². The summed E-state index contributed by atoms with van der Waals surface area (Å²) >= 11 is 6.74. The van der Waals surface area contributed by atoms with Crippen LogP contribution in [-0.2, 0) is 10.0 Å². The summed E-state index contributed by atoms with van der Waals surface area (Å²) in [4.78, 5) is 0.300. The molecule has 1 saturated carbocycles. The second kappa shape index (κ2) is 6.46. The molecule has 20 heavy (non-hydrogen) atoms. The second-order valence-corrected chi connectivity index (χ2v) is 9.00. The summed E-state index contributed by atoms with van der Waals surface area (Å²) < 4.78 is 29.3. The molecule has 1 N–H and O–H groups in total. The van der Waals surface area contributed by atoms with Crippen LogP contribution in [0, 0.1) is 12.8 Å². The van der Waals surface area contributed by atoms with Gasteiger partial charge in [0.15, 0.2) is 0 Å². The summed E-state index contributed by atoms with van der Waals surface area (Å²) in [6.45, 7) is 4.15. The molecule has 1 aromatic rings. The normalized spacial score (nSPS) is 23.8. The van der Waals surface area contributed by atoms with Crippen LogP contribution in [0.15, 0.2) is 26.0 Å². The van der Waals surface area contributed by atoms with Crippen molar-refractivity contribution in [1.29, 1.82) is 0 Å². The fourth-order valence-electron chi connectivity index (χ4n) is 2.49. The Bertz CT molecular complexity index is 593. The Morgan fingerprint density at radius 1 is 1.10 bits per heavy atom. The van der Waals surface area contributed by atoms with Gasteiger partial charge in [0.1, 0.15) is 0 Å². The Morgan fingerprint density at radius 2 is 1.70 bits per heavy atom. The van der Waals surface area contributed by atoms with Gasteiger partial charge in [0.05, 0.1) is 4.90 Å². The number of benzene rings is 1. The molecule has 1 fully saturated rings. The molecule has 0 unspecified atom stereocenters. The molecule has 3 nitrogen and oxygen atoms in total. The van der Waals surface area contributed by atoms with Gasteiger partial charge in [-0.25, -0.2) is 13.1 Å². The van der Waals surface area contributed by atoms with Crippen LogP contribution in [0.4, 0.5) is 0 Å². The van der Waals surface area contributed by atoms with E-state index in [2.05, 4.69) is 43.5 Å². The summed E-state index contributed by atoms with van der Waals surface area (Å²) in [5.41, 5.74) is 1.00. The largest absolute Gasteiger partial charge is 0.241 e. The maximum atomic E-state index is 12.5. The molecule has 0 aliphatic heterocycles. The summed E-state index contributed by atoms with van der Waals surface area (Å²) in [5.74, 6) is 0.705. The van der Waals surface area contributed by atoms with Crippen molar-refractivity contribution in [2.75, 3.05) is 0 Å². The third-order valence-corrected chi connectivity index (χ3v) is 7.17. The van der Waals surface area contributed by atoms with Crippen LogP contribution in [-0.4, -0.2) is 14.5 Å². The molecule has 0 radical (unpaired) electrons. The SMILES string of the molecule is Cc1cc(Br)c(S(=O)(=O)NC2CCC(C)CC2)cc1Br. The number of aryl methyl sites for hydroxylation is 1. The Balaban J connectivity index is 2.20. The highest BCUT2D eigenvalue weighted by Gasteiger charge is 2.25. The molecule has 0 spiro atoms. The van der Waals surface area contributed by atoms with E-state index in [1.165, 1.54) is 0 Å². The first-order valence-electron chi connectivity index (χ1n) is 6.77. The molecule has 1 aromatic carbocycles. The minimum atomic E-state index is -3.47. The molecule has 0 bridgehead atoms. The third-order valence-electron chi connectivity index (χ3n) is 3.84. The highest BCUT2D eigenvalue weighted by atomic mass is 79.9. The molecule has 1 aliphatic carbocycles. The first-order valence-corrected chi connectivity index (χ1v) is 9.84. The Hall–Kier alpha value is 0.0900. The summed E-state index contributed by atoms with van der Waals surface area (Å²) in [6, 6.07) is 3.54. The zero-order valence-electron chi connectivity index (χ0n) is 11.6. The quantitative estimate of drug-likeness (QED) is 0.782. The summed E-state index contributed by atoms with van der Waals surface area (Å²) in [5, 5.41) is 0. The molecule has 0 amide bonds. The van der Waals surface area contributed by atoms with Gasteiger partial charge in [-0.05, 0) is 72.2 Å². The summed E-state index contributed by atoms with van der Waals surface area (Å²) in [7, 11) is -3.47. The second-order valence-electron chi connectivity index (χ2n) is 5.61. The predicted molar refractivity (Wildman–Crippen MR) is 88.3 cm³/mol. The van der Waals surface area contributed by atoms with Gasteiger partial charge in [-0.15, -0.1) is 0 Å². The fraction of sp³-hybridized carbons (Fsp3) is 0.571. The van der Waals surface area contributed by atoms with Crippen LogP contribution in [0.5, 0.6) is 0 Å². The molecular weight excluding hydrogens is 406 g/mol. The van der Waals surface area contributed by atoms with Crippen LogP contribution in [0.1, 0.15) is 38.2 Å². The first-order chi connectivity index (χ1) is 9.29. The monoisotopic (exact) mass is 423 g/mol. The van der Waals surface area contributed by atoms with E-state index in [9.17, 15) is 8.42 Å². The minimum absolute atomic E-state index is 0.0585. The number of hydrogen-bond donors (Lipinski definition) is 1. The van der Waals surface area contributed by atoms with E-state index in [-0.39, 0.29) is 6.04 Å². The van der Waals surface area contributed by atoms with Crippen molar-refractivity contribution in [2.45, 2.75) is 50.5 Å². The molecular formula is C14H19Br2NO2S. The number of halogens is 2. The Morgan fingerprint density at radius 3 is 2.30 bits per heavy atom. The van der Waals surface area contributed by atoms with Crippen molar-refractivity contribution in [3.8, 4) is 0 Å². The average molecular weight is 425 g/mol. The zero-order chi connectivity index (χ0) is 14.9. The van der Waals surface area contributed by atoms with Gasteiger partial charge in [-0.2, -0.15) is 0 Å². The lowest BCUT2D eigenvalue weighted by Gasteiger charge is -2.26. The smallest absolute Gasteiger partial charge is 0.208 e. The number of hydrogen-bond acceptors (Lipinski definition) is 2. The molecule has 1 aliphatic rings. The van der Waals surface area contributed by atoms with Crippen molar-refractivity contribution in [3.63, 3.8) is 0 Å². The zero-order valence-corrected chi connectivity index (χ0v) is 15.6. The third kappa shape index (κ3) is 3.84. The standard InChI is InChI=1S/C14H19Br2NO2S/c1-9-3-5-11(6-4-9)17-20(18,19)14-8-12(15)10(2)7-13(14)16/h7-9,11,17H,3-6H2,1-2H3. The van der Waals surface area contributed by atoms with Gasteiger partial charge < -0.3 is 0 Å². The van der Waals surface area contributed by atoms with Gasteiger partial charge in [-0.3, -0.25) is 0 Å². The van der Waals surface area contributed by atoms with Gasteiger partial charge in [-0.1, -0.05) is 22.9 Å². The van der Waals surface area contributed by atoms with Crippen LogP contribution < -0.4 is 4.72 Å². The molecule has 112 valence electrons. The van der Waals surface area contributed by atoms with E-state index < -0.39 is 10.0 Å². The lowest BCUT2D eigenvalue weighted by Crippen LogP contribution is -2.37. The van der Waals surface area contributed by atoms with Crippen LogP contribution in [0.3, 0.4) is 0 Å².